The molecular formula is C6H15CuNO4. The zero-order valence-electron chi connectivity index (χ0n) is 6.88. The Bertz CT molecular complexity index is 83.6. The zero-order chi connectivity index (χ0) is 9.11. The van der Waals surface area contributed by atoms with Gasteiger partial charge in [-0.2, -0.15) is 0 Å². The fourth-order valence-corrected chi connectivity index (χ4v) is 0.283. The Morgan fingerprint density at radius 2 is 1.50 bits per heavy atom. The van der Waals surface area contributed by atoms with E-state index in [1.807, 2.05) is 0 Å². The number of hydrogen-bond acceptors (Lipinski definition) is 4. The summed E-state index contributed by atoms with van der Waals surface area (Å²) in [6.07, 6.45) is 0. The van der Waals surface area contributed by atoms with Crippen molar-refractivity contribution in [3.05, 3.63) is 0 Å². The molecule has 0 aromatic rings. The molecule has 0 heterocycles. The number of aliphatic hydroxyl groups is 2. The van der Waals surface area contributed by atoms with Crippen LogP contribution in [-0.2, 0) is 21.9 Å². The van der Waals surface area contributed by atoms with Crippen LogP contribution >= 0.6 is 0 Å². The second-order valence-corrected chi connectivity index (χ2v) is 1.72. The van der Waals surface area contributed by atoms with Gasteiger partial charge in [0.1, 0.15) is 0 Å². The van der Waals surface area contributed by atoms with Gasteiger partial charge in [0.15, 0.2) is 0 Å². The molecule has 0 atom stereocenters. The van der Waals surface area contributed by atoms with Gasteiger partial charge < -0.3 is 20.6 Å². The third-order valence-electron chi connectivity index (χ3n) is 0.577. The Labute approximate surface area is 82.3 Å². The van der Waals surface area contributed by atoms with Gasteiger partial charge in [-0.25, -0.2) is 0 Å². The van der Waals surface area contributed by atoms with Crippen molar-refractivity contribution in [2.75, 3.05) is 26.3 Å². The Morgan fingerprint density at radius 3 is 1.67 bits per heavy atom. The fourth-order valence-electron chi connectivity index (χ4n) is 0.283. The van der Waals surface area contributed by atoms with Crippen molar-refractivity contribution < 1.29 is 37.2 Å². The van der Waals surface area contributed by atoms with Crippen molar-refractivity contribution >= 4 is 5.97 Å². The van der Waals surface area contributed by atoms with E-state index in [4.69, 9.17) is 20.1 Å². The predicted molar refractivity (Wildman–Crippen MR) is 40.4 cm³/mol. The number of carboxylic acids is 1. The average molecular weight is 229 g/mol. The van der Waals surface area contributed by atoms with E-state index < -0.39 is 5.97 Å². The molecule has 4 N–H and O–H groups in total. The third kappa shape index (κ3) is 51.9. The number of aliphatic carboxylic acids is 1. The van der Waals surface area contributed by atoms with E-state index in [9.17, 15) is 0 Å². The van der Waals surface area contributed by atoms with Crippen LogP contribution in [0.15, 0.2) is 0 Å². The summed E-state index contributed by atoms with van der Waals surface area (Å²) in [5, 5.41) is 26.5. The Hall–Kier alpha value is -0.131. The van der Waals surface area contributed by atoms with Crippen LogP contribution in [0, 0.1) is 0 Å². The van der Waals surface area contributed by atoms with Gasteiger partial charge in [0.25, 0.3) is 5.97 Å². The molecule has 0 aliphatic heterocycles. The first-order chi connectivity index (χ1) is 5.15. The second-order valence-electron chi connectivity index (χ2n) is 1.72. The van der Waals surface area contributed by atoms with Crippen LogP contribution in [0.1, 0.15) is 6.92 Å². The van der Waals surface area contributed by atoms with Gasteiger partial charge in [-0.3, -0.25) is 4.79 Å². The quantitative estimate of drug-likeness (QED) is 0.353. The molecule has 0 aromatic heterocycles. The Morgan fingerprint density at radius 1 is 1.25 bits per heavy atom. The van der Waals surface area contributed by atoms with Crippen molar-refractivity contribution in [1.29, 1.82) is 0 Å². The van der Waals surface area contributed by atoms with Gasteiger partial charge in [0.2, 0.25) is 0 Å². The summed E-state index contributed by atoms with van der Waals surface area (Å²) < 4.78 is 0. The summed E-state index contributed by atoms with van der Waals surface area (Å²) >= 11 is 0. The normalized spacial score (nSPS) is 7.58. The zero-order valence-corrected chi connectivity index (χ0v) is 7.82. The summed E-state index contributed by atoms with van der Waals surface area (Å²) in [6.45, 7) is 2.50. The first-order valence-electron chi connectivity index (χ1n) is 3.27. The minimum Gasteiger partial charge on any atom is -0.481 e. The predicted octanol–water partition coefficient (Wildman–Crippen LogP) is -1.35. The van der Waals surface area contributed by atoms with Crippen molar-refractivity contribution in [1.82, 2.24) is 5.32 Å². The minimum absolute atomic E-state index is 0. The summed E-state index contributed by atoms with van der Waals surface area (Å²) in [4.78, 5) is 9.00. The fraction of sp³-hybridized carbons (Fsp3) is 0.833. The van der Waals surface area contributed by atoms with Crippen LogP contribution in [0.25, 0.3) is 0 Å². The monoisotopic (exact) mass is 228 g/mol. The number of carbonyl (C=O) groups is 1. The van der Waals surface area contributed by atoms with Crippen molar-refractivity contribution in [2.45, 2.75) is 6.92 Å². The largest absolute Gasteiger partial charge is 0.481 e. The van der Waals surface area contributed by atoms with Crippen LogP contribution in [0.4, 0.5) is 0 Å². The van der Waals surface area contributed by atoms with E-state index >= 15 is 0 Å². The molecule has 0 unspecified atom stereocenters. The van der Waals surface area contributed by atoms with E-state index in [0.717, 1.165) is 6.92 Å². The van der Waals surface area contributed by atoms with Crippen LogP contribution in [0.3, 0.4) is 0 Å². The second kappa shape index (κ2) is 17.1. The van der Waals surface area contributed by atoms with Crippen LogP contribution < -0.4 is 5.32 Å². The molecule has 0 aromatic carbocycles. The Kier molecular flexibility index (Phi) is 25.4. The first kappa shape index (κ1) is 17.8. The van der Waals surface area contributed by atoms with Gasteiger partial charge in [0.05, 0.1) is 13.2 Å². The van der Waals surface area contributed by atoms with Crippen LogP contribution in [-0.4, -0.2) is 47.6 Å². The number of rotatable bonds is 4. The maximum atomic E-state index is 9.00. The molecular weight excluding hydrogens is 214 g/mol. The molecule has 5 nitrogen and oxygen atoms in total. The Balaban J connectivity index is -0.000000142. The van der Waals surface area contributed by atoms with Gasteiger partial charge in [0, 0.05) is 37.1 Å². The average Bonchev–Trinajstić information content (AvgIpc) is 1.88. The maximum Gasteiger partial charge on any atom is 0.300 e. The maximum absolute atomic E-state index is 9.00. The first-order valence-corrected chi connectivity index (χ1v) is 3.27. The summed E-state index contributed by atoms with van der Waals surface area (Å²) in [5.41, 5.74) is 0. The van der Waals surface area contributed by atoms with E-state index in [-0.39, 0.29) is 30.3 Å². The SMILES string of the molecule is CC(=O)O.OCCNCCO.[Cu]. The van der Waals surface area contributed by atoms with Gasteiger partial charge >= 0.3 is 0 Å². The van der Waals surface area contributed by atoms with E-state index in [1.165, 1.54) is 0 Å². The molecule has 0 aliphatic rings. The third-order valence-corrected chi connectivity index (χ3v) is 0.577. The van der Waals surface area contributed by atoms with E-state index in [2.05, 4.69) is 5.32 Å². The summed E-state index contributed by atoms with van der Waals surface area (Å²) in [5.74, 6) is -0.833. The van der Waals surface area contributed by atoms with Gasteiger partial charge in [-0.05, 0) is 0 Å². The van der Waals surface area contributed by atoms with Crippen molar-refractivity contribution in [3.63, 3.8) is 0 Å². The topological polar surface area (TPSA) is 89.8 Å². The molecule has 79 valence electrons. The van der Waals surface area contributed by atoms with Crippen molar-refractivity contribution in [2.24, 2.45) is 0 Å². The minimum atomic E-state index is -0.833. The number of nitrogens with one attached hydrogen (secondary N) is 1. The van der Waals surface area contributed by atoms with E-state index in [0.29, 0.717) is 13.1 Å². The molecule has 0 amide bonds. The molecule has 0 saturated carbocycles. The van der Waals surface area contributed by atoms with Crippen molar-refractivity contribution in [3.8, 4) is 0 Å². The van der Waals surface area contributed by atoms with Gasteiger partial charge in [-0.1, -0.05) is 0 Å². The van der Waals surface area contributed by atoms with Crippen LogP contribution in [0.2, 0.25) is 0 Å². The molecule has 0 spiro atoms. The molecule has 6 heteroatoms. The molecule has 0 bridgehead atoms. The number of carboxylic acid groups (broad SMARTS) is 1. The smallest absolute Gasteiger partial charge is 0.300 e. The molecule has 0 fully saturated rings. The molecule has 0 saturated heterocycles. The molecule has 0 rings (SSSR count). The summed E-state index contributed by atoms with van der Waals surface area (Å²) in [6, 6.07) is 0. The number of aliphatic hydroxyl groups excluding tert-OH is 2. The van der Waals surface area contributed by atoms with Crippen LogP contribution in [0.5, 0.6) is 0 Å². The molecule has 1 radical (unpaired) electrons. The molecule has 0 aliphatic carbocycles. The van der Waals surface area contributed by atoms with E-state index in [1.54, 1.807) is 0 Å². The van der Waals surface area contributed by atoms with Gasteiger partial charge in [-0.15, -0.1) is 0 Å². The standard InChI is InChI=1S/C4H11NO2.C2H4O2.Cu/c6-3-1-5-2-4-7;1-2(3)4;/h5-7H,1-4H2;1H3,(H,3,4);. The number of hydrogen-bond donors (Lipinski definition) is 4. The molecule has 12 heavy (non-hydrogen) atoms. The summed E-state index contributed by atoms with van der Waals surface area (Å²) in [7, 11) is 0.